The van der Waals surface area contributed by atoms with Gasteiger partial charge in [-0.05, 0) is 38.8 Å². The van der Waals surface area contributed by atoms with Gasteiger partial charge in [-0.25, -0.2) is 0 Å². The van der Waals surface area contributed by atoms with Gasteiger partial charge in [-0.15, -0.1) is 0 Å². The summed E-state index contributed by atoms with van der Waals surface area (Å²) >= 11 is 0. The Labute approximate surface area is 157 Å². The molecule has 5 heteroatoms. The van der Waals surface area contributed by atoms with Crippen LogP contribution in [-0.4, -0.2) is 53.4 Å². The molecule has 2 aromatic rings. The number of nitrogens with one attached hydrogen (secondary N) is 1. The molecule has 0 aliphatic rings. The minimum atomic E-state index is -0.858. The van der Waals surface area contributed by atoms with Crippen molar-refractivity contribution in [3.05, 3.63) is 30.5 Å². The predicted octanol–water partition coefficient (Wildman–Crippen LogP) is 3.77. The molecule has 1 atom stereocenters. The van der Waals surface area contributed by atoms with Gasteiger partial charge >= 0.3 is 0 Å². The molecule has 5 nitrogen and oxygen atoms in total. The van der Waals surface area contributed by atoms with Crippen LogP contribution in [0.4, 0.5) is 5.69 Å². The zero-order chi connectivity index (χ0) is 19.3. The Morgan fingerprint density at radius 3 is 2.62 bits per heavy atom. The number of benzene rings is 1. The fourth-order valence-corrected chi connectivity index (χ4v) is 3.12. The molecule has 1 aromatic heterocycles. The Hall–Kier alpha value is -1.85. The standard InChI is InChI=1S/C21H33N3O2/c1-15(2)12-24(16(3)4)14-21(5,25)13-23-19-11-18(26-6)10-17-8-7-9-22-20(17)19/h7-11,15-16,23,25H,12-14H2,1-6H3/t21-/m0/s1. The molecule has 0 aliphatic carbocycles. The Kier molecular flexibility index (Phi) is 6.84. The summed E-state index contributed by atoms with van der Waals surface area (Å²) in [6, 6.07) is 8.21. The highest BCUT2D eigenvalue weighted by molar-refractivity contribution is 5.91. The van der Waals surface area contributed by atoms with Gasteiger partial charge in [0.05, 0.1) is 23.9 Å². The molecule has 0 saturated carbocycles. The molecular weight excluding hydrogens is 326 g/mol. The van der Waals surface area contributed by atoms with Crippen LogP contribution in [0.2, 0.25) is 0 Å². The van der Waals surface area contributed by atoms with Gasteiger partial charge in [0.2, 0.25) is 0 Å². The largest absolute Gasteiger partial charge is 0.497 e. The minimum absolute atomic E-state index is 0.392. The number of nitrogens with zero attached hydrogens (tertiary/aromatic N) is 2. The van der Waals surface area contributed by atoms with Crippen molar-refractivity contribution in [1.29, 1.82) is 0 Å². The average Bonchev–Trinajstić information content (AvgIpc) is 2.58. The first kappa shape index (κ1) is 20.5. The van der Waals surface area contributed by atoms with E-state index in [-0.39, 0.29) is 0 Å². The Balaban J connectivity index is 2.14. The maximum Gasteiger partial charge on any atom is 0.121 e. The quantitative estimate of drug-likeness (QED) is 0.714. The van der Waals surface area contributed by atoms with E-state index in [1.54, 1.807) is 13.3 Å². The number of ether oxygens (including phenoxy) is 1. The first-order valence-corrected chi connectivity index (χ1v) is 9.35. The van der Waals surface area contributed by atoms with Gasteiger partial charge in [0.1, 0.15) is 5.75 Å². The summed E-state index contributed by atoms with van der Waals surface area (Å²) in [6.07, 6.45) is 1.78. The Morgan fingerprint density at radius 1 is 1.27 bits per heavy atom. The first-order chi connectivity index (χ1) is 12.2. The highest BCUT2D eigenvalue weighted by Gasteiger charge is 2.26. The van der Waals surface area contributed by atoms with Gasteiger partial charge in [-0.1, -0.05) is 19.9 Å². The summed E-state index contributed by atoms with van der Waals surface area (Å²) in [5.74, 6) is 1.34. The maximum absolute atomic E-state index is 11.0. The number of fused-ring (bicyclic) bond motifs is 1. The number of aliphatic hydroxyl groups is 1. The lowest BCUT2D eigenvalue weighted by molar-refractivity contribution is 0.0169. The minimum Gasteiger partial charge on any atom is -0.497 e. The lowest BCUT2D eigenvalue weighted by Gasteiger charge is -2.35. The van der Waals surface area contributed by atoms with Gasteiger partial charge in [0.25, 0.3) is 0 Å². The van der Waals surface area contributed by atoms with Crippen LogP contribution >= 0.6 is 0 Å². The number of hydrogen-bond donors (Lipinski definition) is 2. The van der Waals surface area contributed by atoms with E-state index in [0.29, 0.717) is 25.0 Å². The second-order valence-electron chi connectivity index (χ2n) is 8.02. The van der Waals surface area contributed by atoms with E-state index in [9.17, 15) is 5.11 Å². The summed E-state index contributed by atoms with van der Waals surface area (Å²) in [5, 5.41) is 15.3. The monoisotopic (exact) mass is 359 g/mol. The van der Waals surface area contributed by atoms with E-state index in [0.717, 1.165) is 28.9 Å². The number of hydrogen-bond acceptors (Lipinski definition) is 5. The van der Waals surface area contributed by atoms with Crippen molar-refractivity contribution in [2.45, 2.75) is 46.3 Å². The molecule has 0 aliphatic heterocycles. The zero-order valence-electron chi connectivity index (χ0n) is 16.9. The van der Waals surface area contributed by atoms with Crippen LogP contribution in [0, 0.1) is 5.92 Å². The fraction of sp³-hybridized carbons (Fsp3) is 0.571. The van der Waals surface area contributed by atoms with Crippen LogP contribution in [0.5, 0.6) is 5.75 Å². The summed E-state index contributed by atoms with van der Waals surface area (Å²) in [7, 11) is 1.66. The summed E-state index contributed by atoms with van der Waals surface area (Å²) in [4.78, 5) is 6.80. The molecule has 1 aromatic carbocycles. The lowest BCUT2D eigenvalue weighted by atomic mass is 10.0. The van der Waals surface area contributed by atoms with Crippen molar-refractivity contribution < 1.29 is 9.84 Å². The van der Waals surface area contributed by atoms with Crippen LogP contribution in [0.15, 0.2) is 30.5 Å². The fourth-order valence-electron chi connectivity index (χ4n) is 3.12. The van der Waals surface area contributed by atoms with Crippen molar-refractivity contribution in [2.75, 3.05) is 32.1 Å². The molecule has 0 bridgehead atoms. The molecule has 2 rings (SSSR count). The number of aromatic nitrogens is 1. The van der Waals surface area contributed by atoms with Crippen LogP contribution in [0.25, 0.3) is 10.9 Å². The number of methoxy groups -OCH3 is 1. The van der Waals surface area contributed by atoms with Crippen LogP contribution in [0.3, 0.4) is 0 Å². The first-order valence-electron chi connectivity index (χ1n) is 9.35. The molecule has 144 valence electrons. The van der Waals surface area contributed by atoms with E-state index in [4.69, 9.17) is 4.74 Å². The third-order valence-electron chi connectivity index (χ3n) is 4.45. The average molecular weight is 360 g/mol. The van der Waals surface area contributed by atoms with Crippen molar-refractivity contribution in [3.63, 3.8) is 0 Å². The molecule has 0 radical (unpaired) electrons. The summed E-state index contributed by atoms with van der Waals surface area (Å²) in [6.45, 7) is 12.7. The zero-order valence-corrected chi connectivity index (χ0v) is 16.9. The van der Waals surface area contributed by atoms with Gasteiger partial charge in [-0.3, -0.25) is 9.88 Å². The van der Waals surface area contributed by atoms with Gasteiger partial charge in [0.15, 0.2) is 0 Å². The van der Waals surface area contributed by atoms with E-state index < -0.39 is 5.60 Å². The topological polar surface area (TPSA) is 57.6 Å². The molecule has 0 amide bonds. The molecule has 2 N–H and O–H groups in total. The van der Waals surface area contributed by atoms with Gasteiger partial charge in [0, 0.05) is 43.3 Å². The SMILES string of the molecule is COc1cc(NC[C@](C)(O)CN(CC(C)C)C(C)C)c2ncccc2c1. The Morgan fingerprint density at radius 2 is 2.00 bits per heavy atom. The van der Waals surface area contributed by atoms with Crippen molar-refractivity contribution in [2.24, 2.45) is 5.92 Å². The van der Waals surface area contributed by atoms with Crippen molar-refractivity contribution in [1.82, 2.24) is 9.88 Å². The lowest BCUT2D eigenvalue weighted by Crippen LogP contribution is -2.48. The molecule has 1 heterocycles. The summed E-state index contributed by atoms with van der Waals surface area (Å²) in [5.41, 5.74) is 0.899. The van der Waals surface area contributed by atoms with E-state index >= 15 is 0 Å². The smallest absolute Gasteiger partial charge is 0.121 e. The van der Waals surface area contributed by atoms with Gasteiger partial charge in [-0.2, -0.15) is 0 Å². The predicted molar refractivity (Wildman–Crippen MR) is 109 cm³/mol. The number of pyridine rings is 1. The number of rotatable bonds is 9. The van der Waals surface area contributed by atoms with E-state index in [2.05, 4.69) is 42.9 Å². The third kappa shape index (κ3) is 5.58. The van der Waals surface area contributed by atoms with Crippen LogP contribution < -0.4 is 10.1 Å². The van der Waals surface area contributed by atoms with Crippen molar-refractivity contribution in [3.8, 4) is 5.75 Å². The van der Waals surface area contributed by atoms with E-state index in [1.807, 2.05) is 31.2 Å². The van der Waals surface area contributed by atoms with Gasteiger partial charge < -0.3 is 15.2 Å². The summed E-state index contributed by atoms with van der Waals surface area (Å²) < 4.78 is 5.40. The highest BCUT2D eigenvalue weighted by atomic mass is 16.5. The molecular formula is C21H33N3O2. The normalized spacial score (nSPS) is 14.2. The third-order valence-corrected chi connectivity index (χ3v) is 4.45. The molecule has 0 spiro atoms. The molecule has 26 heavy (non-hydrogen) atoms. The van der Waals surface area contributed by atoms with E-state index in [1.165, 1.54) is 0 Å². The maximum atomic E-state index is 11.0. The molecule has 0 fully saturated rings. The van der Waals surface area contributed by atoms with Crippen LogP contribution in [0.1, 0.15) is 34.6 Å². The molecule has 0 unspecified atom stereocenters. The number of anilines is 1. The second-order valence-corrected chi connectivity index (χ2v) is 8.02. The second kappa shape index (κ2) is 8.69. The molecule has 0 saturated heterocycles. The highest BCUT2D eigenvalue weighted by Crippen LogP contribution is 2.28. The van der Waals surface area contributed by atoms with Crippen molar-refractivity contribution >= 4 is 16.6 Å². The Bertz CT molecular complexity index is 713. The van der Waals surface area contributed by atoms with Crippen LogP contribution in [-0.2, 0) is 0 Å².